The number of amides is 1. The number of carbonyl (C=O) groups excluding carboxylic acids is 2. The van der Waals surface area contributed by atoms with Crippen LogP contribution in [0.4, 0.5) is 0 Å². The van der Waals surface area contributed by atoms with Crippen molar-refractivity contribution in [2.45, 2.75) is 19.3 Å². The number of rotatable bonds is 5. The Bertz CT molecular complexity index is 1010. The van der Waals surface area contributed by atoms with E-state index in [1.807, 2.05) is 65.6 Å². The minimum atomic E-state index is -0.00210. The van der Waals surface area contributed by atoms with Crippen molar-refractivity contribution in [3.05, 3.63) is 70.8 Å². The van der Waals surface area contributed by atoms with Crippen molar-refractivity contribution >= 4 is 23.8 Å². The molecule has 2 aliphatic rings. The lowest BCUT2D eigenvalue weighted by Gasteiger charge is -2.20. The van der Waals surface area contributed by atoms with Crippen LogP contribution in [0.1, 0.15) is 30.4 Å². The third-order valence-electron chi connectivity index (χ3n) is 5.75. The summed E-state index contributed by atoms with van der Waals surface area (Å²) in [5.41, 5.74) is 3.20. The van der Waals surface area contributed by atoms with Crippen LogP contribution in [0.5, 0.6) is 11.5 Å². The number of carbonyl (C=O) groups is 2. The predicted molar refractivity (Wildman–Crippen MR) is 121 cm³/mol. The Kier molecular flexibility index (Phi) is 6.21. The van der Waals surface area contributed by atoms with E-state index < -0.39 is 0 Å². The largest absolute Gasteiger partial charge is 0.497 e. The van der Waals surface area contributed by atoms with Crippen LogP contribution in [0.2, 0.25) is 0 Å². The Labute approximate surface area is 183 Å². The van der Waals surface area contributed by atoms with Crippen molar-refractivity contribution < 1.29 is 19.1 Å². The molecule has 1 saturated heterocycles. The van der Waals surface area contributed by atoms with E-state index in [1.54, 1.807) is 14.2 Å². The molecule has 0 unspecified atom stereocenters. The second-order valence-corrected chi connectivity index (χ2v) is 8.00. The lowest BCUT2D eigenvalue weighted by atomic mass is 9.98. The summed E-state index contributed by atoms with van der Waals surface area (Å²) in [6.45, 7) is 0.906. The quantitative estimate of drug-likeness (QED) is 0.678. The molecule has 0 bridgehead atoms. The Morgan fingerprint density at radius 2 is 1.39 bits per heavy atom. The van der Waals surface area contributed by atoms with Gasteiger partial charge in [0.25, 0.3) is 0 Å². The van der Waals surface area contributed by atoms with Crippen molar-refractivity contribution in [1.82, 2.24) is 4.90 Å². The Balaban J connectivity index is 1.66. The van der Waals surface area contributed by atoms with E-state index in [4.69, 9.17) is 9.47 Å². The van der Waals surface area contributed by atoms with Gasteiger partial charge in [0.2, 0.25) is 5.91 Å². The molecule has 0 spiro atoms. The smallest absolute Gasteiger partial charge is 0.225 e. The van der Waals surface area contributed by atoms with Gasteiger partial charge in [-0.2, -0.15) is 0 Å². The summed E-state index contributed by atoms with van der Waals surface area (Å²) in [4.78, 5) is 28.1. The molecule has 4 rings (SSSR count). The highest BCUT2D eigenvalue weighted by atomic mass is 16.5. The zero-order chi connectivity index (χ0) is 21.8. The maximum absolute atomic E-state index is 13.4. The Hall–Kier alpha value is -3.34. The zero-order valence-corrected chi connectivity index (χ0v) is 18.0. The fourth-order valence-corrected chi connectivity index (χ4v) is 3.76. The Morgan fingerprint density at radius 3 is 1.87 bits per heavy atom. The number of methoxy groups -OCH3 is 2. The molecule has 2 fully saturated rings. The van der Waals surface area contributed by atoms with Crippen LogP contribution in [-0.2, 0) is 9.59 Å². The van der Waals surface area contributed by atoms with Crippen LogP contribution in [0.3, 0.4) is 0 Å². The molecule has 31 heavy (non-hydrogen) atoms. The van der Waals surface area contributed by atoms with Crippen LogP contribution in [0, 0.1) is 5.92 Å². The van der Waals surface area contributed by atoms with Crippen molar-refractivity contribution in [3.63, 3.8) is 0 Å². The number of ketones is 1. The van der Waals surface area contributed by atoms with E-state index in [1.165, 1.54) is 0 Å². The number of Topliss-reactive ketones (excluding diaryl/α,β-unsaturated/α-hetero) is 1. The molecule has 1 amide bonds. The van der Waals surface area contributed by atoms with Crippen molar-refractivity contribution in [2.24, 2.45) is 5.92 Å². The fraction of sp³-hybridized carbons (Fsp3) is 0.308. The maximum atomic E-state index is 13.4. The first-order valence-corrected chi connectivity index (χ1v) is 10.6. The molecule has 1 heterocycles. The van der Waals surface area contributed by atoms with Gasteiger partial charge in [0.1, 0.15) is 11.5 Å². The molecule has 2 aromatic rings. The lowest BCUT2D eigenvalue weighted by molar-refractivity contribution is -0.132. The molecule has 1 aliphatic carbocycles. The number of ether oxygens (including phenoxy) is 2. The maximum Gasteiger partial charge on any atom is 0.225 e. The highest BCUT2D eigenvalue weighted by Crippen LogP contribution is 2.33. The standard InChI is InChI=1S/C26H27NO4/c1-30-23-9-3-18(4-10-23)15-21-13-14-27(26(29)20-7-8-20)17-22(25(21)28)16-19-5-11-24(31-2)12-6-19/h3-6,9-12,15-16,20H,7-8,13-14,17H2,1-2H3/b21-15+,22-16+. The average Bonchev–Trinajstić information content (AvgIpc) is 3.66. The summed E-state index contributed by atoms with van der Waals surface area (Å²) in [5, 5.41) is 0. The van der Waals surface area contributed by atoms with E-state index in [2.05, 4.69) is 0 Å². The molecule has 1 aliphatic heterocycles. The first-order valence-electron chi connectivity index (χ1n) is 10.6. The molecular weight excluding hydrogens is 390 g/mol. The van der Waals surface area contributed by atoms with E-state index in [0.717, 1.165) is 41.0 Å². The monoisotopic (exact) mass is 417 g/mol. The van der Waals surface area contributed by atoms with Gasteiger partial charge in [-0.15, -0.1) is 0 Å². The molecule has 0 atom stereocenters. The highest BCUT2D eigenvalue weighted by molar-refractivity contribution is 6.14. The molecule has 5 heteroatoms. The van der Waals surface area contributed by atoms with Crippen LogP contribution in [0.15, 0.2) is 59.7 Å². The van der Waals surface area contributed by atoms with Crippen molar-refractivity contribution in [1.29, 1.82) is 0 Å². The summed E-state index contributed by atoms with van der Waals surface area (Å²) in [7, 11) is 3.25. The summed E-state index contributed by atoms with van der Waals surface area (Å²) in [6.07, 6.45) is 6.27. The number of likely N-dealkylation sites (tertiary alicyclic amines) is 1. The molecule has 2 aromatic carbocycles. The van der Waals surface area contributed by atoms with Gasteiger partial charge >= 0.3 is 0 Å². The first-order chi connectivity index (χ1) is 15.1. The molecule has 160 valence electrons. The van der Waals surface area contributed by atoms with Gasteiger partial charge in [-0.25, -0.2) is 0 Å². The SMILES string of the molecule is COc1ccc(/C=C2\CCN(C(=O)C3CC3)C/C(=C\c3ccc(OC)cc3)C2=O)cc1. The molecule has 0 aromatic heterocycles. The average molecular weight is 418 g/mol. The number of hydrogen-bond donors (Lipinski definition) is 0. The van der Waals surface area contributed by atoms with Gasteiger partial charge in [-0.1, -0.05) is 24.3 Å². The number of hydrogen-bond acceptors (Lipinski definition) is 4. The predicted octanol–water partition coefficient (Wildman–Crippen LogP) is 4.38. The molecule has 1 saturated carbocycles. The summed E-state index contributed by atoms with van der Waals surface area (Å²) in [6, 6.07) is 15.2. The van der Waals surface area contributed by atoms with E-state index >= 15 is 0 Å². The third kappa shape index (κ3) is 5.05. The lowest BCUT2D eigenvalue weighted by Crippen LogP contribution is -2.34. The highest BCUT2D eigenvalue weighted by Gasteiger charge is 2.35. The van der Waals surface area contributed by atoms with E-state index in [9.17, 15) is 9.59 Å². The van der Waals surface area contributed by atoms with Gasteiger partial charge < -0.3 is 14.4 Å². The topological polar surface area (TPSA) is 55.8 Å². The summed E-state index contributed by atoms with van der Waals surface area (Å²) >= 11 is 0. The van der Waals surface area contributed by atoms with Crippen LogP contribution >= 0.6 is 0 Å². The van der Waals surface area contributed by atoms with Crippen LogP contribution in [0.25, 0.3) is 12.2 Å². The summed E-state index contributed by atoms with van der Waals surface area (Å²) < 4.78 is 10.4. The van der Waals surface area contributed by atoms with Gasteiger partial charge in [-0.3, -0.25) is 9.59 Å². The first kappa shape index (κ1) is 20.9. The van der Waals surface area contributed by atoms with Crippen LogP contribution in [-0.4, -0.2) is 43.9 Å². The van der Waals surface area contributed by atoms with E-state index in [-0.39, 0.29) is 17.6 Å². The van der Waals surface area contributed by atoms with Gasteiger partial charge in [0, 0.05) is 30.2 Å². The van der Waals surface area contributed by atoms with E-state index in [0.29, 0.717) is 25.1 Å². The second-order valence-electron chi connectivity index (χ2n) is 8.00. The number of nitrogens with zero attached hydrogens (tertiary/aromatic N) is 1. The molecule has 5 nitrogen and oxygen atoms in total. The minimum absolute atomic E-state index is 0.00210. The van der Waals surface area contributed by atoms with Crippen molar-refractivity contribution in [3.8, 4) is 11.5 Å². The second kappa shape index (κ2) is 9.21. The normalized spacial score (nSPS) is 19.4. The molecule has 0 N–H and O–H groups in total. The number of benzene rings is 2. The minimum Gasteiger partial charge on any atom is -0.497 e. The van der Waals surface area contributed by atoms with Gasteiger partial charge in [0.05, 0.1) is 14.2 Å². The summed E-state index contributed by atoms with van der Waals surface area (Å²) in [5.74, 6) is 1.83. The van der Waals surface area contributed by atoms with Crippen molar-refractivity contribution in [2.75, 3.05) is 27.3 Å². The van der Waals surface area contributed by atoms with Crippen LogP contribution < -0.4 is 9.47 Å². The fourth-order valence-electron chi connectivity index (χ4n) is 3.76. The Morgan fingerprint density at radius 1 is 0.871 bits per heavy atom. The third-order valence-corrected chi connectivity index (χ3v) is 5.75. The van der Waals surface area contributed by atoms with Gasteiger partial charge in [0.15, 0.2) is 5.78 Å². The zero-order valence-electron chi connectivity index (χ0n) is 18.0. The molecule has 0 radical (unpaired) electrons. The molecular formula is C26H27NO4. The van der Waals surface area contributed by atoms with Gasteiger partial charge in [-0.05, 0) is 66.8 Å².